The van der Waals surface area contributed by atoms with E-state index >= 15 is 0 Å². The number of hydrogen-bond acceptors (Lipinski definition) is 15. The normalized spacial score (nSPS) is 13.0. The summed E-state index contributed by atoms with van der Waals surface area (Å²) in [7, 11) is 8.25. The first-order chi connectivity index (χ1) is 30.2. The van der Waals surface area contributed by atoms with Gasteiger partial charge in [0.05, 0.1) is 105 Å². The highest BCUT2D eigenvalue weighted by atomic mass is 127. The van der Waals surface area contributed by atoms with Gasteiger partial charge in [0.1, 0.15) is 6.61 Å². The summed E-state index contributed by atoms with van der Waals surface area (Å²) in [5.74, 6) is -3.24. The van der Waals surface area contributed by atoms with E-state index in [1.54, 1.807) is 0 Å². The number of rotatable bonds is 21. The van der Waals surface area contributed by atoms with E-state index in [-0.39, 0.29) is 81.2 Å². The van der Waals surface area contributed by atoms with Crippen molar-refractivity contribution in [2.24, 2.45) is 0 Å². The van der Waals surface area contributed by atoms with Gasteiger partial charge in [-0.05, 0) is 136 Å². The number of likely N-dealkylation sites (N-methyl/N-ethyl adjacent to an activating group) is 4. The summed E-state index contributed by atoms with van der Waals surface area (Å²) in [6, 6.07) is 0. The third-order valence-corrected chi connectivity index (χ3v) is 15.8. The monoisotopic (exact) mass is 1590 g/mol. The van der Waals surface area contributed by atoms with Crippen LogP contribution >= 0.6 is 136 Å². The van der Waals surface area contributed by atoms with E-state index < -0.39 is 99.5 Å². The Kier molecular flexibility index (Phi) is 25.5. The molecule has 2 aromatic carbocycles. The Morgan fingerprint density at radius 2 is 0.692 bits per heavy atom. The minimum Gasteiger partial charge on any atom is -0.449 e. The molecule has 364 valence electrons. The molecule has 4 atom stereocenters. The summed E-state index contributed by atoms with van der Waals surface area (Å²) >= 11 is 11.1. The van der Waals surface area contributed by atoms with Crippen LogP contribution in [-0.2, 0) is 9.53 Å². The summed E-state index contributed by atoms with van der Waals surface area (Å²) in [5, 5.41) is 77.9. The molecule has 4 unspecified atom stereocenters. The smallest absolute Gasteiger partial charge is 0.414 e. The minimum atomic E-state index is -1.28. The number of halogens is 6. The van der Waals surface area contributed by atoms with Gasteiger partial charge in [-0.25, -0.2) is 4.79 Å². The van der Waals surface area contributed by atoms with Gasteiger partial charge in [0.25, 0.3) is 23.6 Å². The third kappa shape index (κ3) is 15.1. The van der Waals surface area contributed by atoms with Gasteiger partial charge in [-0.1, -0.05) is 0 Å². The maximum atomic E-state index is 13.9. The van der Waals surface area contributed by atoms with Crippen LogP contribution in [0.3, 0.4) is 0 Å². The highest BCUT2D eigenvalue weighted by Crippen LogP contribution is 2.40. The SMILES string of the molecule is CN(CC(O)CO)C(=O)c1c(I)c(C(=O)N(C)CC(O)CO)c(I)c(N(C)C(=O)CCOC(=O)N(C)c2c(I)c(C(=O)N(C)CC(O)CO)c(I)c(C(=O)N(C)CC(O)CO)c2I)c1I. The average Bonchev–Trinajstić information content (AvgIpc) is 3.25. The van der Waals surface area contributed by atoms with E-state index in [2.05, 4.69) is 0 Å². The van der Waals surface area contributed by atoms with Crippen molar-refractivity contribution >= 4 is 183 Å². The van der Waals surface area contributed by atoms with E-state index in [0.717, 1.165) is 24.5 Å². The quantitative estimate of drug-likeness (QED) is 0.0797. The number of aliphatic hydroxyl groups is 8. The second kappa shape index (κ2) is 27.5. The molecule has 0 aliphatic carbocycles. The largest absolute Gasteiger partial charge is 0.449 e. The lowest BCUT2D eigenvalue weighted by atomic mass is 10.1. The number of benzene rings is 2. The lowest BCUT2D eigenvalue weighted by Gasteiger charge is -2.29. The molecule has 0 aliphatic heterocycles. The van der Waals surface area contributed by atoms with Crippen LogP contribution in [0.2, 0.25) is 0 Å². The van der Waals surface area contributed by atoms with Crippen LogP contribution in [0, 0.1) is 21.4 Å². The molecule has 0 heterocycles. The van der Waals surface area contributed by atoms with Gasteiger partial charge in [0.2, 0.25) is 5.91 Å². The Morgan fingerprint density at radius 1 is 0.446 bits per heavy atom. The van der Waals surface area contributed by atoms with E-state index in [0.29, 0.717) is 0 Å². The van der Waals surface area contributed by atoms with Gasteiger partial charge in [-0.2, -0.15) is 0 Å². The standard InChI is InChI=1S/C38H50I6N6O15/c1-45(9-17(55)13-51)34(60)22-26(39)23(35(61)46(2)10-18(56)14-52)29(42)32(28(22)41)49(5)21(59)7-8-65-38(64)50(6)33-30(43)24(36(62)47(3)11-19(57)15-53)27(40)25(31(33)44)37(63)48(4)12-20(58)16-54/h17-20,51-58H,7-16H2,1-6H3. The van der Waals surface area contributed by atoms with Crippen LogP contribution in [0.5, 0.6) is 0 Å². The van der Waals surface area contributed by atoms with Crippen molar-refractivity contribution in [3.63, 3.8) is 0 Å². The molecular weight excluding hydrogens is 1540 g/mol. The molecule has 0 aliphatic rings. The molecule has 0 aromatic heterocycles. The zero-order valence-corrected chi connectivity index (χ0v) is 48.7. The highest BCUT2D eigenvalue weighted by molar-refractivity contribution is 14.1. The Morgan fingerprint density at radius 3 is 0.938 bits per heavy atom. The molecule has 0 saturated heterocycles. The third-order valence-electron chi connectivity index (χ3n) is 9.47. The zero-order chi connectivity index (χ0) is 49.9. The summed E-state index contributed by atoms with van der Waals surface area (Å²) in [5.41, 5.74) is 0.188. The predicted octanol–water partition coefficient (Wildman–Crippen LogP) is 0.641. The van der Waals surface area contributed by atoms with Crippen molar-refractivity contribution in [3.05, 3.63) is 43.7 Å². The summed E-state index contributed by atoms with van der Waals surface area (Å²) in [6.07, 6.45) is -6.52. The minimum absolute atomic E-state index is 0.00498. The number of anilines is 2. The molecule has 65 heavy (non-hydrogen) atoms. The maximum absolute atomic E-state index is 13.9. The lowest BCUT2D eigenvalue weighted by Crippen LogP contribution is -2.40. The fraction of sp³-hybridized carbons (Fsp3) is 0.526. The molecule has 0 bridgehead atoms. The van der Waals surface area contributed by atoms with Crippen molar-refractivity contribution in [1.82, 2.24) is 19.6 Å². The zero-order valence-electron chi connectivity index (χ0n) is 35.8. The van der Waals surface area contributed by atoms with E-state index in [1.165, 1.54) is 47.2 Å². The molecule has 2 aromatic rings. The molecule has 0 fully saturated rings. The molecule has 27 heteroatoms. The first-order valence-electron chi connectivity index (χ1n) is 19.0. The van der Waals surface area contributed by atoms with E-state index in [9.17, 15) is 69.6 Å². The van der Waals surface area contributed by atoms with E-state index in [4.69, 9.17) is 4.74 Å². The van der Waals surface area contributed by atoms with Gasteiger partial charge in [0, 0.05) is 75.6 Å². The van der Waals surface area contributed by atoms with Crippen molar-refractivity contribution in [1.29, 1.82) is 0 Å². The number of ether oxygens (including phenoxy) is 1. The molecule has 6 amide bonds. The predicted molar refractivity (Wildman–Crippen MR) is 287 cm³/mol. The fourth-order valence-electron chi connectivity index (χ4n) is 5.94. The molecular formula is C38H50I6N6O15. The second-order valence-corrected chi connectivity index (χ2v) is 21.0. The number of nitrogens with zero attached hydrogens (tertiary/aromatic N) is 6. The van der Waals surface area contributed by atoms with E-state index in [1.807, 2.05) is 136 Å². The van der Waals surface area contributed by atoms with Gasteiger partial charge >= 0.3 is 6.09 Å². The van der Waals surface area contributed by atoms with Crippen LogP contribution in [0.4, 0.5) is 16.2 Å². The van der Waals surface area contributed by atoms with Gasteiger partial charge in [-0.15, -0.1) is 0 Å². The second-order valence-electron chi connectivity index (χ2n) is 14.5. The number of carbonyl (C=O) groups is 6. The number of amides is 6. The average molecular weight is 1590 g/mol. The Labute approximate surface area is 457 Å². The maximum Gasteiger partial charge on any atom is 0.414 e. The van der Waals surface area contributed by atoms with Crippen molar-refractivity contribution in [3.8, 4) is 0 Å². The molecule has 0 spiro atoms. The highest BCUT2D eigenvalue weighted by Gasteiger charge is 2.36. The summed E-state index contributed by atoms with van der Waals surface area (Å²) in [4.78, 5) is 90.2. The lowest BCUT2D eigenvalue weighted by molar-refractivity contribution is -0.118. The number of aliphatic hydroxyl groups excluding tert-OH is 8. The van der Waals surface area contributed by atoms with Gasteiger partial charge in [0.15, 0.2) is 0 Å². The molecule has 21 nitrogen and oxygen atoms in total. The van der Waals surface area contributed by atoms with Gasteiger partial charge < -0.3 is 70.1 Å². The first-order valence-corrected chi connectivity index (χ1v) is 25.5. The molecule has 0 saturated carbocycles. The summed E-state index contributed by atoms with van der Waals surface area (Å²) < 4.78 is 6.85. The van der Waals surface area contributed by atoms with Crippen molar-refractivity contribution in [2.45, 2.75) is 30.8 Å². The van der Waals surface area contributed by atoms with Crippen LogP contribution in [-0.4, -0.2) is 222 Å². The molecule has 2 rings (SSSR count). The molecule has 0 radical (unpaired) electrons. The summed E-state index contributed by atoms with van der Waals surface area (Å²) in [6.45, 7) is -4.10. The van der Waals surface area contributed by atoms with Crippen LogP contribution in [0.1, 0.15) is 47.9 Å². The van der Waals surface area contributed by atoms with Crippen molar-refractivity contribution < 1.29 is 74.4 Å². The first kappa shape index (κ1) is 60.2. The topological polar surface area (TPSA) is 293 Å². The number of hydrogen-bond donors (Lipinski definition) is 8. The van der Waals surface area contributed by atoms with Crippen LogP contribution in [0.25, 0.3) is 0 Å². The Balaban J connectivity index is 2.62. The van der Waals surface area contributed by atoms with Gasteiger partial charge in [-0.3, -0.25) is 28.9 Å². The number of carbonyl (C=O) groups excluding carboxylic acids is 6. The fourth-order valence-corrected chi connectivity index (χ4v) is 15.6. The van der Waals surface area contributed by atoms with Crippen molar-refractivity contribution in [2.75, 3.05) is 111 Å². The Hall–Kier alpha value is -0.880. The van der Waals surface area contributed by atoms with Crippen LogP contribution < -0.4 is 9.80 Å². The Bertz CT molecular complexity index is 1850. The van der Waals surface area contributed by atoms with Crippen LogP contribution in [0.15, 0.2) is 0 Å². The molecule has 8 N–H and O–H groups in total.